The third-order valence-corrected chi connectivity index (χ3v) is 3.12. The third-order valence-electron chi connectivity index (χ3n) is 3.12. The second-order valence-electron chi connectivity index (χ2n) is 4.37. The second-order valence-corrected chi connectivity index (χ2v) is 4.37. The molecule has 2 rings (SSSR count). The van der Waals surface area contributed by atoms with E-state index >= 15 is 0 Å². The molecule has 82 valence electrons. The zero-order valence-electron chi connectivity index (χ0n) is 9.04. The summed E-state index contributed by atoms with van der Waals surface area (Å²) in [5.41, 5.74) is 7.37. The summed E-state index contributed by atoms with van der Waals surface area (Å²) in [6.07, 6.45) is 2.33. The molecule has 1 fully saturated rings. The van der Waals surface area contributed by atoms with Crippen LogP contribution < -0.4 is 10.6 Å². The van der Waals surface area contributed by atoms with Gasteiger partial charge in [-0.3, -0.25) is 0 Å². The Hall–Kier alpha value is -1.25. The van der Waals surface area contributed by atoms with Crippen LogP contribution in [0.2, 0.25) is 0 Å². The van der Waals surface area contributed by atoms with Crippen LogP contribution in [0.5, 0.6) is 0 Å². The largest absolute Gasteiger partial charge is 0.397 e. The molecular formula is C12H17FN2. The number of piperidine rings is 1. The monoisotopic (exact) mass is 208 g/mol. The molecule has 0 saturated carbocycles. The van der Waals surface area contributed by atoms with E-state index in [4.69, 9.17) is 5.73 Å². The van der Waals surface area contributed by atoms with Crippen molar-refractivity contribution in [3.05, 3.63) is 24.0 Å². The van der Waals surface area contributed by atoms with Crippen molar-refractivity contribution in [3.63, 3.8) is 0 Å². The molecule has 1 aromatic carbocycles. The van der Waals surface area contributed by atoms with Crippen molar-refractivity contribution in [3.8, 4) is 0 Å². The van der Waals surface area contributed by atoms with Crippen LogP contribution in [0.1, 0.15) is 19.8 Å². The summed E-state index contributed by atoms with van der Waals surface area (Å²) in [6, 6.07) is 4.58. The number of nitrogen functional groups attached to an aromatic ring is 1. The first kappa shape index (κ1) is 10.3. The highest BCUT2D eigenvalue weighted by Gasteiger charge is 2.17. The lowest BCUT2D eigenvalue weighted by molar-refractivity contribution is 0.438. The number of nitrogens with two attached hydrogens (primary N) is 1. The van der Waals surface area contributed by atoms with Crippen LogP contribution in [0.15, 0.2) is 18.2 Å². The Kier molecular flexibility index (Phi) is 2.80. The Morgan fingerprint density at radius 3 is 2.67 bits per heavy atom. The van der Waals surface area contributed by atoms with Crippen LogP contribution in [0, 0.1) is 11.7 Å². The second kappa shape index (κ2) is 4.09. The van der Waals surface area contributed by atoms with Gasteiger partial charge in [0.15, 0.2) is 0 Å². The quantitative estimate of drug-likeness (QED) is 0.719. The number of hydrogen-bond acceptors (Lipinski definition) is 2. The van der Waals surface area contributed by atoms with Crippen molar-refractivity contribution in [1.82, 2.24) is 0 Å². The smallest absolute Gasteiger partial charge is 0.125 e. The lowest BCUT2D eigenvalue weighted by Crippen LogP contribution is -2.33. The number of rotatable bonds is 1. The molecule has 3 heteroatoms. The van der Waals surface area contributed by atoms with Gasteiger partial charge in [0.05, 0.1) is 11.4 Å². The molecule has 15 heavy (non-hydrogen) atoms. The Morgan fingerprint density at radius 1 is 1.33 bits per heavy atom. The van der Waals surface area contributed by atoms with Crippen LogP contribution >= 0.6 is 0 Å². The van der Waals surface area contributed by atoms with E-state index in [1.165, 1.54) is 12.1 Å². The fourth-order valence-corrected chi connectivity index (χ4v) is 2.04. The van der Waals surface area contributed by atoms with E-state index in [2.05, 4.69) is 11.8 Å². The molecule has 1 saturated heterocycles. The number of anilines is 2. The van der Waals surface area contributed by atoms with Gasteiger partial charge in [0.2, 0.25) is 0 Å². The zero-order valence-corrected chi connectivity index (χ0v) is 9.04. The van der Waals surface area contributed by atoms with E-state index in [1.54, 1.807) is 6.07 Å². The van der Waals surface area contributed by atoms with Gasteiger partial charge in [-0.15, -0.1) is 0 Å². The molecule has 0 amide bonds. The molecule has 0 aliphatic carbocycles. The van der Waals surface area contributed by atoms with Crippen molar-refractivity contribution in [1.29, 1.82) is 0 Å². The van der Waals surface area contributed by atoms with Gasteiger partial charge >= 0.3 is 0 Å². The number of hydrogen-bond donors (Lipinski definition) is 1. The molecule has 0 aromatic heterocycles. The van der Waals surface area contributed by atoms with E-state index in [-0.39, 0.29) is 5.82 Å². The minimum atomic E-state index is -0.210. The normalized spacial score (nSPS) is 18.1. The molecule has 0 atom stereocenters. The number of nitrogens with zero attached hydrogens (tertiary/aromatic N) is 1. The Bertz CT molecular complexity index is 343. The van der Waals surface area contributed by atoms with Gasteiger partial charge in [-0.25, -0.2) is 4.39 Å². The fourth-order valence-electron chi connectivity index (χ4n) is 2.04. The summed E-state index contributed by atoms with van der Waals surface area (Å²) in [7, 11) is 0. The van der Waals surface area contributed by atoms with E-state index in [0.29, 0.717) is 5.69 Å². The third kappa shape index (κ3) is 2.22. The van der Waals surface area contributed by atoms with Gasteiger partial charge in [-0.1, -0.05) is 6.92 Å². The molecule has 2 N–H and O–H groups in total. The molecule has 2 nitrogen and oxygen atoms in total. The van der Waals surface area contributed by atoms with Crippen molar-refractivity contribution in [2.24, 2.45) is 5.92 Å². The highest BCUT2D eigenvalue weighted by Crippen LogP contribution is 2.28. The minimum Gasteiger partial charge on any atom is -0.397 e. The first-order valence-corrected chi connectivity index (χ1v) is 5.47. The van der Waals surface area contributed by atoms with Gasteiger partial charge < -0.3 is 10.6 Å². The van der Waals surface area contributed by atoms with Gasteiger partial charge in [0.25, 0.3) is 0 Å². The lowest BCUT2D eigenvalue weighted by atomic mass is 9.98. The van der Waals surface area contributed by atoms with Crippen LogP contribution in [0.3, 0.4) is 0 Å². The highest BCUT2D eigenvalue weighted by molar-refractivity contribution is 5.67. The predicted molar refractivity (Wildman–Crippen MR) is 61.4 cm³/mol. The summed E-state index contributed by atoms with van der Waals surface area (Å²) < 4.78 is 13.1. The summed E-state index contributed by atoms with van der Waals surface area (Å²) in [5, 5.41) is 0. The van der Waals surface area contributed by atoms with E-state index in [0.717, 1.165) is 37.5 Å². The van der Waals surface area contributed by atoms with Gasteiger partial charge in [0, 0.05) is 13.1 Å². The standard InChI is InChI=1S/C12H17FN2/c1-9-4-6-15(7-5-9)12-8-10(13)2-3-11(12)14/h2-3,8-9H,4-7,14H2,1H3. The fraction of sp³-hybridized carbons (Fsp3) is 0.500. The first-order valence-electron chi connectivity index (χ1n) is 5.47. The van der Waals surface area contributed by atoms with Gasteiger partial charge in [0.1, 0.15) is 5.82 Å². The average molecular weight is 208 g/mol. The summed E-state index contributed by atoms with van der Waals surface area (Å²) in [6.45, 7) is 4.22. The zero-order chi connectivity index (χ0) is 10.8. The Balaban J connectivity index is 2.18. The topological polar surface area (TPSA) is 29.3 Å². The van der Waals surface area contributed by atoms with E-state index in [9.17, 15) is 4.39 Å². The molecule has 0 bridgehead atoms. The number of halogens is 1. The molecule has 1 aliphatic rings. The lowest BCUT2D eigenvalue weighted by Gasteiger charge is -2.32. The first-order chi connectivity index (χ1) is 7.16. The summed E-state index contributed by atoms with van der Waals surface area (Å²) in [4.78, 5) is 2.18. The molecule has 1 aromatic rings. The Labute approximate surface area is 89.9 Å². The van der Waals surface area contributed by atoms with Crippen LogP contribution in [-0.4, -0.2) is 13.1 Å². The minimum absolute atomic E-state index is 0.210. The Morgan fingerprint density at radius 2 is 2.00 bits per heavy atom. The number of benzene rings is 1. The van der Waals surface area contributed by atoms with Crippen LogP contribution in [0.25, 0.3) is 0 Å². The van der Waals surface area contributed by atoms with Crippen LogP contribution in [-0.2, 0) is 0 Å². The molecule has 0 radical (unpaired) electrons. The summed E-state index contributed by atoms with van der Waals surface area (Å²) in [5.74, 6) is 0.564. The molecule has 0 spiro atoms. The molecule has 1 aliphatic heterocycles. The van der Waals surface area contributed by atoms with E-state index < -0.39 is 0 Å². The molecular weight excluding hydrogens is 191 g/mol. The van der Waals surface area contributed by atoms with Crippen molar-refractivity contribution >= 4 is 11.4 Å². The highest BCUT2D eigenvalue weighted by atomic mass is 19.1. The van der Waals surface area contributed by atoms with E-state index in [1.807, 2.05) is 0 Å². The summed E-state index contributed by atoms with van der Waals surface area (Å²) >= 11 is 0. The maximum atomic E-state index is 13.1. The molecule has 1 heterocycles. The molecule has 0 unspecified atom stereocenters. The maximum absolute atomic E-state index is 13.1. The maximum Gasteiger partial charge on any atom is 0.125 e. The van der Waals surface area contributed by atoms with Crippen molar-refractivity contribution < 1.29 is 4.39 Å². The predicted octanol–water partition coefficient (Wildman–Crippen LogP) is 2.64. The SMILES string of the molecule is CC1CCN(c2cc(F)ccc2N)CC1. The van der Waals surface area contributed by atoms with Crippen LogP contribution in [0.4, 0.5) is 15.8 Å². The van der Waals surface area contributed by atoms with Gasteiger partial charge in [-0.05, 0) is 37.0 Å². The average Bonchev–Trinajstić information content (AvgIpc) is 2.23. The van der Waals surface area contributed by atoms with Crippen molar-refractivity contribution in [2.75, 3.05) is 23.7 Å². The van der Waals surface area contributed by atoms with Gasteiger partial charge in [-0.2, -0.15) is 0 Å². The van der Waals surface area contributed by atoms with Crippen molar-refractivity contribution in [2.45, 2.75) is 19.8 Å².